The first-order valence-electron chi connectivity index (χ1n) is 6.51. The predicted octanol–water partition coefficient (Wildman–Crippen LogP) is 2.12. The van der Waals surface area contributed by atoms with Crippen LogP contribution in [0, 0.1) is 17.5 Å². The van der Waals surface area contributed by atoms with Gasteiger partial charge in [-0.3, -0.25) is 14.5 Å². The summed E-state index contributed by atoms with van der Waals surface area (Å²) < 4.78 is 40.3. The monoisotopic (exact) mass is 300 g/mol. The van der Waals surface area contributed by atoms with Crippen LogP contribution in [0.1, 0.15) is 27.2 Å². The Kier molecular flexibility index (Phi) is 3.69. The van der Waals surface area contributed by atoms with Gasteiger partial charge in [-0.1, -0.05) is 6.92 Å². The number of carbonyl (C=O) groups excluding carboxylic acids is 2. The molecule has 0 aliphatic carbocycles. The largest absolute Gasteiger partial charge is 0.340 e. The van der Waals surface area contributed by atoms with Gasteiger partial charge in [-0.15, -0.1) is 0 Å². The van der Waals surface area contributed by atoms with Crippen LogP contribution in [-0.4, -0.2) is 23.4 Å². The maximum atomic E-state index is 13.9. The van der Waals surface area contributed by atoms with Crippen molar-refractivity contribution >= 4 is 17.5 Å². The average Bonchev–Trinajstić information content (AvgIpc) is 2.42. The smallest absolute Gasteiger partial charge is 0.253 e. The summed E-state index contributed by atoms with van der Waals surface area (Å²) in [4.78, 5) is 25.4. The topological polar surface area (TPSA) is 49.4 Å². The molecule has 1 aromatic carbocycles. The number of piperazine rings is 1. The van der Waals surface area contributed by atoms with Gasteiger partial charge in [-0.05, 0) is 20.3 Å². The molecule has 1 fully saturated rings. The molecule has 0 bridgehead atoms. The van der Waals surface area contributed by atoms with Gasteiger partial charge in [0, 0.05) is 12.1 Å². The van der Waals surface area contributed by atoms with Crippen LogP contribution in [0.5, 0.6) is 0 Å². The first kappa shape index (κ1) is 15.3. The molecular formula is C14H15F3N2O2. The van der Waals surface area contributed by atoms with Crippen LogP contribution < -0.4 is 10.2 Å². The van der Waals surface area contributed by atoms with E-state index in [1.54, 1.807) is 6.92 Å². The van der Waals surface area contributed by atoms with Crippen molar-refractivity contribution in [3.63, 3.8) is 0 Å². The Morgan fingerprint density at radius 1 is 1.19 bits per heavy atom. The number of rotatable bonds is 2. The molecule has 1 N–H and O–H groups in total. The summed E-state index contributed by atoms with van der Waals surface area (Å²) >= 11 is 0. The van der Waals surface area contributed by atoms with Gasteiger partial charge in [0.1, 0.15) is 17.4 Å². The fraction of sp³-hybridized carbons (Fsp3) is 0.429. The van der Waals surface area contributed by atoms with Crippen molar-refractivity contribution < 1.29 is 22.8 Å². The summed E-state index contributed by atoms with van der Waals surface area (Å²) in [6.07, 6.45) is 0.284. The van der Waals surface area contributed by atoms with Crippen molar-refractivity contribution in [2.24, 2.45) is 0 Å². The van der Waals surface area contributed by atoms with Crippen LogP contribution in [0.2, 0.25) is 0 Å². The van der Waals surface area contributed by atoms with Crippen LogP contribution in [0.25, 0.3) is 0 Å². The Labute approximate surface area is 119 Å². The molecule has 2 rings (SSSR count). The molecular weight excluding hydrogens is 285 g/mol. The van der Waals surface area contributed by atoms with Gasteiger partial charge in [0.2, 0.25) is 5.91 Å². The highest BCUT2D eigenvalue weighted by Crippen LogP contribution is 2.30. The third-order valence-corrected chi connectivity index (χ3v) is 3.81. The average molecular weight is 300 g/mol. The first-order chi connectivity index (χ1) is 9.71. The van der Waals surface area contributed by atoms with Crippen molar-refractivity contribution in [1.82, 2.24) is 5.32 Å². The maximum Gasteiger partial charge on any atom is 0.253 e. The lowest BCUT2D eigenvalue weighted by molar-refractivity contribution is -0.137. The summed E-state index contributed by atoms with van der Waals surface area (Å²) in [5.41, 5.74) is -1.65. The Bertz CT molecular complexity index is 620. The molecule has 0 radical (unpaired) electrons. The summed E-state index contributed by atoms with van der Waals surface area (Å²) in [5, 5.41) is 2.57. The highest BCUT2D eigenvalue weighted by atomic mass is 19.2. The number of amides is 2. The van der Waals surface area contributed by atoms with E-state index in [9.17, 15) is 22.8 Å². The molecule has 1 aliphatic heterocycles. The summed E-state index contributed by atoms with van der Waals surface area (Å²) in [6.45, 7) is 4.58. The van der Waals surface area contributed by atoms with E-state index in [2.05, 4.69) is 5.32 Å². The van der Waals surface area contributed by atoms with Crippen LogP contribution in [-0.2, 0) is 9.59 Å². The third kappa shape index (κ3) is 2.36. The van der Waals surface area contributed by atoms with Gasteiger partial charge in [0.15, 0.2) is 11.6 Å². The number of carbonyl (C=O) groups is 2. The fourth-order valence-corrected chi connectivity index (χ4v) is 2.24. The van der Waals surface area contributed by atoms with Gasteiger partial charge in [-0.25, -0.2) is 13.2 Å². The number of nitrogens with one attached hydrogen (secondary N) is 1. The van der Waals surface area contributed by atoms with Crippen molar-refractivity contribution in [2.45, 2.75) is 38.8 Å². The second-order valence-electron chi connectivity index (χ2n) is 5.24. The van der Waals surface area contributed by atoms with E-state index in [1.807, 2.05) is 0 Å². The number of hydrogen-bond acceptors (Lipinski definition) is 2. The van der Waals surface area contributed by atoms with Crippen LogP contribution in [0.3, 0.4) is 0 Å². The summed E-state index contributed by atoms with van der Waals surface area (Å²) in [5.74, 6) is -4.78. The van der Waals surface area contributed by atoms with Crippen LogP contribution in [0.4, 0.5) is 18.9 Å². The SMILES string of the molecule is CCC1(C)NC(=O)C(C)N(c2cc(F)c(F)cc2F)C1=O. The molecule has 0 spiro atoms. The molecule has 114 valence electrons. The maximum absolute atomic E-state index is 13.9. The first-order valence-corrected chi connectivity index (χ1v) is 6.51. The Morgan fingerprint density at radius 2 is 1.76 bits per heavy atom. The lowest BCUT2D eigenvalue weighted by atomic mass is 9.91. The number of halogens is 3. The molecule has 2 atom stereocenters. The third-order valence-electron chi connectivity index (χ3n) is 3.81. The van der Waals surface area contributed by atoms with Crippen molar-refractivity contribution in [3.8, 4) is 0 Å². The van der Waals surface area contributed by atoms with E-state index >= 15 is 0 Å². The minimum atomic E-state index is -1.35. The molecule has 7 heteroatoms. The molecule has 0 aromatic heterocycles. The van der Waals surface area contributed by atoms with Crippen molar-refractivity contribution in [3.05, 3.63) is 29.6 Å². The van der Waals surface area contributed by atoms with Gasteiger partial charge in [-0.2, -0.15) is 0 Å². The number of benzene rings is 1. The van der Waals surface area contributed by atoms with E-state index in [4.69, 9.17) is 0 Å². The lowest BCUT2D eigenvalue weighted by Gasteiger charge is -2.42. The van der Waals surface area contributed by atoms with Gasteiger partial charge in [0.25, 0.3) is 5.91 Å². The molecule has 4 nitrogen and oxygen atoms in total. The van der Waals surface area contributed by atoms with Crippen molar-refractivity contribution in [2.75, 3.05) is 4.90 Å². The molecule has 1 aliphatic rings. The quantitative estimate of drug-likeness (QED) is 0.851. The molecule has 1 aromatic rings. The zero-order valence-corrected chi connectivity index (χ0v) is 11.8. The molecule has 21 heavy (non-hydrogen) atoms. The number of anilines is 1. The second-order valence-corrected chi connectivity index (χ2v) is 5.24. The van der Waals surface area contributed by atoms with E-state index in [0.717, 1.165) is 4.90 Å². The van der Waals surface area contributed by atoms with Gasteiger partial charge in [0.05, 0.1) is 5.69 Å². The number of hydrogen-bond donors (Lipinski definition) is 1. The fourth-order valence-electron chi connectivity index (χ4n) is 2.24. The second kappa shape index (κ2) is 5.05. The molecule has 2 amide bonds. The van der Waals surface area contributed by atoms with E-state index in [1.165, 1.54) is 13.8 Å². The zero-order valence-electron chi connectivity index (χ0n) is 11.8. The Morgan fingerprint density at radius 3 is 2.33 bits per heavy atom. The van der Waals surface area contributed by atoms with Crippen LogP contribution in [0.15, 0.2) is 12.1 Å². The minimum Gasteiger partial charge on any atom is -0.340 e. The number of nitrogens with zero attached hydrogens (tertiary/aromatic N) is 1. The highest BCUT2D eigenvalue weighted by Gasteiger charge is 2.46. The normalized spacial score (nSPS) is 26.0. The minimum absolute atomic E-state index is 0.284. The van der Waals surface area contributed by atoms with E-state index in [-0.39, 0.29) is 6.42 Å². The lowest BCUT2D eigenvalue weighted by Crippen LogP contribution is -2.68. The van der Waals surface area contributed by atoms with Gasteiger partial charge < -0.3 is 5.32 Å². The standard InChI is InChI=1S/C14H15F3N2O2/c1-4-14(3)13(21)19(7(2)12(20)18-14)11-6-9(16)8(15)5-10(11)17/h5-7H,4H2,1-3H3,(H,18,20). The zero-order chi connectivity index (χ0) is 15.9. The molecule has 0 saturated carbocycles. The Balaban J connectivity index is 2.57. The van der Waals surface area contributed by atoms with Crippen LogP contribution >= 0.6 is 0 Å². The van der Waals surface area contributed by atoms with E-state index < -0.39 is 46.5 Å². The van der Waals surface area contributed by atoms with Gasteiger partial charge >= 0.3 is 0 Å². The van der Waals surface area contributed by atoms with Crippen molar-refractivity contribution in [1.29, 1.82) is 0 Å². The Hall–Kier alpha value is -2.05. The molecule has 2 unspecified atom stereocenters. The predicted molar refractivity (Wildman–Crippen MR) is 70.1 cm³/mol. The molecule has 1 heterocycles. The molecule has 1 saturated heterocycles. The highest BCUT2D eigenvalue weighted by molar-refractivity contribution is 6.10. The summed E-state index contributed by atoms with van der Waals surface area (Å²) in [6, 6.07) is -0.0646. The van der Waals surface area contributed by atoms with E-state index in [0.29, 0.717) is 12.1 Å². The summed E-state index contributed by atoms with van der Waals surface area (Å²) in [7, 11) is 0.